The Morgan fingerprint density at radius 2 is 1.90 bits per heavy atom. The Bertz CT molecular complexity index is 945. The van der Waals surface area contributed by atoms with Crippen LogP contribution in [0.3, 0.4) is 0 Å². The molecule has 0 radical (unpaired) electrons. The van der Waals surface area contributed by atoms with Crippen LogP contribution in [0.5, 0.6) is 0 Å². The SMILES string of the molecule is CCN(C(=O)COC1CCCCC1)c1c(N)n(Cc2ccccc2)c(=O)[nH]c1=O. The van der Waals surface area contributed by atoms with Crippen LogP contribution in [0.4, 0.5) is 11.5 Å². The van der Waals surface area contributed by atoms with Gasteiger partial charge in [0.05, 0.1) is 12.6 Å². The summed E-state index contributed by atoms with van der Waals surface area (Å²) < 4.78 is 7.03. The monoisotopic (exact) mass is 400 g/mol. The van der Waals surface area contributed by atoms with Crippen LogP contribution < -0.4 is 21.9 Å². The largest absolute Gasteiger partial charge is 0.383 e. The van der Waals surface area contributed by atoms with Gasteiger partial charge in [-0.2, -0.15) is 0 Å². The van der Waals surface area contributed by atoms with E-state index in [9.17, 15) is 14.4 Å². The molecule has 1 saturated carbocycles. The molecule has 1 amide bonds. The summed E-state index contributed by atoms with van der Waals surface area (Å²) in [5.41, 5.74) is 5.75. The first-order valence-electron chi connectivity index (χ1n) is 10.1. The van der Waals surface area contributed by atoms with E-state index in [1.165, 1.54) is 15.9 Å². The molecule has 1 aliphatic rings. The zero-order chi connectivity index (χ0) is 20.8. The van der Waals surface area contributed by atoms with E-state index in [0.717, 1.165) is 31.2 Å². The first-order valence-corrected chi connectivity index (χ1v) is 10.1. The number of aromatic amines is 1. The number of amides is 1. The maximum absolute atomic E-state index is 12.8. The summed E-state index contributed by atoms with van der Waals surface area (Å²) in [7, 11) is 0. The molecule has 0 atom stereocenters. The molecule has 3 N–H and O–H groups in total. The molecule has 8 heteroatoms. The number of nitrogens with zero attached hydrogens (tertiary/aromatic N) is 2. The molecule has 8 nitrogen and oxygen atoms in total. The minimum atomic E-state index is -0.676. The number of likely N-dealkylation sites (N-methyl/N-ethyl adjacent to an activating group) is 1. The third-order valence-electron chi connectivity index (χ3n) is 5.28. The van der Waals surface area contributed by atoms with Crippen molar-refractivity contribution in [2.45, 2.75) is 51.7 Å². The Kier molecular flexibility index (Phi) is 6.87. The lowest BCUT2D eigenvalue weighted by Crippen LogP contribution is -2.43. The molecule has 1 fully saturated rings. The van der Waals surface area contributed by atoms with Gasteiger partial charge in [0, 0.05) is 6.54 Å². The van der Waals surface area contributed by atoms with Gasteiger partial charge in [0.1, 0.15) is 12.4 Å². The average molecular weight is 400 g/mol. The summed E-state index contributed by atoms with van der Waals surface area (Å²) in [5, 5.41) is 0. The minimum Gasteiger partial charge on any atom is -0.383 e. The van der Waals surface area contributed by atoms with Gasteiger partial charge in [-0.25, -0.2) is 4.79 Å². The van der Waals surface area contributed by atoms with E-state index < -0.39 is 11.2 Å². The van der Waals surface area contributed by atoms with E-state index in [4.69, 9.17) is 10.5 Å². The van der Waals surface area contributed by atoms with E-state index >= 15 is 0 Å². The highest BCUT2D eigenvalue weighted by atomic mass is 16.5. The number of carbonyl (C=O) groups is 1. The highest BCUT2D eigenvalue weighted by molar-refractivity contribution is 5.96. The molecule has 156 valence electrons. The van der Waals surface area contributed by atoms with Gasteiger partial charge in [-0.1, -0.05) is 49.6 Å². The Labute approximate surface area is 169 Å². The number of hydrogen-bond donors (Lipinski definition) is 2. The number of anilines is 2. The van der Waals surface area contributed by atoms with Crippen LogP contribution in [0.1, 0.15) is 44.6 Å². The van der Waals surface area contributed by atoms with Crippen LogP contribution in [0.2, 0.25) is 0 Å². The summed E-state index contributed by atoms with van der Waals surface area (Å²) in [4.78, 5) is 41.2. The molecule has 1 heterocycles. The number of aromatic nitrogens is 2. The number of hydrogen-bond acceptors (Lipinski definition) is 5. The van der Waals surface area contributed by atoms with Crippen molar-refractivity contribution in [2.75, 3.05) is 23.8 Å². The number of H-pyrrole nitrogens is 1. The highest BCUT2D eigenvalue weighted by Crippen LogP contribution is 2.21. The van der Waals surface area contributed by atoms with Crippen molar-refractivity contribution in [3.05, 3.63) is 56.7 Å². The molecule has 0 aliphatic heterocycles. The molecule has 0 spiro atoms. The van der Waals surface area contributed by atoms with E-state index in [2.05, 4.69) is 4.98 Å². The van der Waals surface area contributed by atoms with E-state index in [-0.39, 0.29) is 43.2 Å². The number of carbonyl (C=O) groups excluding carboxylic acids is 1. The number of rotatable bonds is 7. The van der Waals surface area contributed by atoms with E-state index in [0.29, 0.717) is 0 Å². The van der Waals surface area contributed by atoms with Crippen LogP contribution in [-0.4, -0.2) is 34.7 Å². The molecule has 0 saturated heterocycles. The minimum absolute atomic E-state index is 0.0136. The Morgan fingerprint density at radius 3 is 2.55 bits per heavy atom. The predicted molar refractivity (Wildman–Crippen MR) is 112 cm³/mol. The van der Waals surface area contributed by atoms with Gasteiger partial charge in [-0.15, -0.1) is 0 Å². The van der Waals surface area contributed by atoms with Gasteiger partial charge in [0.25, 0.3) is 11.5 Å². The van der Waals surface area contributed by atoms with Gasteiger partial charge >= 0.3 is 5.69 Å². The lowest BCUT2D eigenvalue weighted by molar-refractivity contribution is -0.125. The lowest BCUT2D eigenvalue weighted by atomic mass is 9.98. The van der Waals surface area contributed by atoms with Crippen LogP contribution in [-0.2, 0) is 16.1 Å². The number of benzene rings is 1. The van der Waals surface area contributed by atoms with Crippen LogP contribution in [0, 0.1) is 0 Å². The van der Waals surface area contributed by atoms with Crippen LogP contribution >= 0.6 is 0 Å². The summed E-state index contributed by atoms with van der Waals surface area (Å²) in [5.74, 6) is -0.379. The maximum Gasteiger partial charge on any atom is 0.330 e. The molecule has 1 aliphatic carbocycles. The molecule has 29 heavy (non-hydrogen) atoms. The normalized spacial score (nSPS) is 14.7. The fourth-order valence-corrected chi connectivity index (χ4v) is 3.72. The summed E-state index contributed by atoms with van der Waals surface area (Å²) >= 11 is 0. The van der Waals surface area contributed by atoms with Gasteiger partial charge in [0.15, 0.2) is 5.69 Å². The van der Waals surface area contributed by atoms with Crippen molar-refractivity contribution in [3.8, 4) is 0 Å². The average Bonchev–Trinajstić information content (AvgIpc) is 2.74. The van der Waals surface area contributed by atoms with Crippen LogP contribution in [0.15, 0.2) is 39.9 Å². The summed E-state index contributed by atoms with van der Waals surface area (Å²) in [6.07, 6.45) is 5.38. The smallest absolute Gasteiger partial charge is 0.330 e. The Morgan fingerprint density at radius 1 is 1.21 bits per heavy atom. The van der Waals surface area contributed by atoms with Crippen LogP contribution in [0.25, 0.3) is 0 Å². The molecule has 0 unspecified atom stereocenters. The standard InChI is InChI=1S/C21H28N4O4/c1-2-24(17(26)14-29-16-11-7-4-8-12-16)18-19(22)25(21(28)23-20(18)27)13-15-9-5-3-6-10-15/h3,5-6,9-10,16H,2,4,7-8,11-14,22H2,1H3,(H,23,27,28). The van der Waals surface area contributed by atoms with Crippen molar-refractivity contribution in [1.82, 2.24) is 9.55 Å². The molecular formula is C21H28N4O4. The van der Waals surface area contributed by atoms with Crippen molar-refractivity contribution < 1.29 is 9.53 Å². The molecule has 1 aromatic carbocycles. The third kappa shape index (κ3) is 4.95. The first-order chi connectivity index (χ1) is 14.0. The molecule has 2 aromatic rings. The second-order valence-electron chi connectivity index (χ2n) is 7.27. The van der Waals surface area contributed by atoms with Crippen molar-refractivity contribution in [2.24, 2.45) is 0 Å². The topological polar surface area (TPSA) is 110 Å². The Balaban J connectivity index is 1.84. The molecular weight excluding hydrogens is 372 g/mol. The zero-order valence-electron chi connectivity index (χ0n) is 16.7. The highest BCUT2D eigenvalue weighted by Gasteiger charge is 2.24. The van der Waals surface area contributed by atoms with Crippen molar-refractivity contribution >= 4 is 17.4 Å². The van der Waals surface area contributed by atoms with Crippen molar-refractivity contribution in [3.63, 3.8) is 0 Å². The second kappa shape index (κ2) is 9.56. The van der Waals surface area contributed by atoms with E-state index in [1.807, 2.05) is 30.3 Å². The lowest BCUT2D eigenvalue weighted by Gasteiger charge is -2.26. The number of nitrogen functional groups attached to an aromatic ring is 1. The fourth-order valence-electron chi connectivity index (χ4n) is 3.72. The number of nitrogens with one attached hydrogen (secondary N) is 1. The summed E-state index contributed by atoms with van der Waals surface area (Å²) in [6.45, 7) is 2.07. The first kappa shape index (κ1) is 20.9. The zero-order valence-corrected chi connectivity index (χ0v) is 16.7. The third-order valence-corrected chi connectivity index (χ3v) is 5.28. The molecule has 3 rings (SSSR count). The van der Waals surface area contributed by atoms with Crippen molar-refractivity contribution in [1.29, 1.82) is 0 Å². The molecule has 1 aromatic heterocycles. The number of nitrogens with two attached hydrogens (primary N) is 1. The number of ether oxygens (including phenoxy) is 1. The summed E-state index contributed by atoms with van der Waals surface area (Å²) in [6, 6.07) is 9.30. The quantitative estimate of drug-likeness (QED) is 0.737. The Hall–Kier alpha value is -2.87. The molecule has 0 bridgehead atoms. The fraction of sp³-hybridized carbons (Fsp3) is 0.476. The predicted octanol–water partition coefficient (Wildman–Crippen LogP) is 1.87. The van der Waals surface area contributed by atoms with Gasteiger partial charge in [-0.05, 0) is 25.3 Å². The van der Waals surface area contributed by atoms with Gasteiger partial charge < -0.3 is 15.4 Å². The van der Waals surface area contributed by atoms with Gasteiger partial charge in [0.2, 0.25) is 0 Å². The maximum atomic E-state index is 12.8. The van der Waals surface area contributed by atoms with E-state index in [1.54, 1.807) is 6.92 Å². The second-order valence-corrected chi connectivity index (χ2v) is 7.27. The van der Waals surface area contributed by atoms with Gasteiger partial charge in [-0.3, -0.25) is 19.1 Å².